The molecule has 0 aromatic heterocycles. The van der Waals surface area contributed by atoms with Gasteiger partial charge in [-0.05, 0) is 23.8 Å². The molecular weight excluding hydrogens is 232 g/mol. The van der Waals surface area contributed by atoms with Crippen molar-refractivity contribution in [2.45, 2.75) is 0 Å². The predicted molar refractivity (Wildman–Crippen MR) is 66.2 cm³/mol. The number of hydrogen-bond donors (Lipinski definition) is 1. The number of nitrogens with one attached hydrogen (secondary N) is 1. The monoisotopic (exact) mass is 246 g/mol. The topological polar surface area (TPSA) is 71.3 Å². The normalized spacial score (nSPS) is 10.2. The fourth-order valence-corrected chi connectivity index (χ4v) is 1.16. The lowest BCUT2D eigenvalue weighted by molar-refractivity contribution is -0.129. The minimum atomic E-state index is -0.367. The Bertz CT molecular complexity index is 464. The Morgan fingerprint density at radius 3 is 3.06 bits per heavy atom. The van der Waals surface area contributed by atoms with Gasteiger partial charge in [-0.25, -0.2) is 5.48 Å². The van der Waals surface area contributed by atoms with E-state index < -0.39 is 0 Å². The Kier molecular flexibility index (Phi) is 6.19. The number of amides is 1. The van der Waals surface area contributed by atoms with Crippen LogP contribution in [-0.2, 0) is 14.4 Å². The molecule has 94 valence electrons. The molecule has 1 aromatic carbocycles. The number of methoxy groups -OCH3 is 1. The van der Waals surface area contributed by atoms with E-state index >= 15 is 0 Å². The van der Waals surface area contributed by atoms with E-state index in [4.69, 9.17) is 14.8 Å². The van der Waals surface area contributed by atoms with Crippen molar-refractivity contribution in [3.05, 3.63) is 41.5 Å². The Hall–Kier alpha value is -2.16. The van der Waals surface area contributed by atoms with E-state index in [1.807, 2.05) is 6.07 Å². The molecule has 0 unspecified atom stereocenters. The van der Waals surface area contributed by atoms with E-state index in [1.165, 1.54) is 6.08 Å². The van der Waals surface area contributed by atoms with E-state index in [9.17, 15) is 4.79 Å². The second-order valence-electron chi connectivity index (χ2n) is 3.38. The van der Waals surface area contributed by atoms with Crippen LogP contribution in [0.2, 0.25) is 0 Å². The van der Waals surface area contributed by atoms with Crippen molar-refractivity contribution in [1.29, 1.82) is 5.26 Å². The van der Waals surface area contributed by atoms with Crippen molar-refractivity contribution in [2.24, 2.45) is 0 Å². The quantitative estimate of drug-likeness (QED) is 0.466. The van der Waals surface area contributed by atoms with Crippen molar-refractivity contribution < 1.29 is 14.4 Å². The third kappa shape index (κ3) is 5.25. The Morgan fingerprint density at radius 2 is 2.33 bits per heavy atom. The maximum absolute atomic E-state index is 11.3. The first kappa shape index (κ1) is 13.9. The molecule has 0 bridgehead atoms. The molecule has 1 N–H and O–H groups in total. The van der Waals surface area contributed by atoms with Crippen LogP contribution in [0.15, 0.2) is 30.3 Å². The molecule has 1 aromatic rings. The molecule has 0 saturated carbocycles. The summed E-state index contributed by atoms with van der Waals surface area (Å²) >= 11 is 0. The van der Waals surface area contributed by atoms with Gasteiger partial charge in [-0.2, -0.15) is 5.26 Å². The third-order valence-corrected chi connectivity index (χ3v) is 2.01. The number of hydrogen-bond acceptors (Lipinski definition) is 4. The van der Waals surface area contributed by atoms with Crippen LogP contribution in [0.1, 0.15) is 11.1 Å². The Morgan fingerprint density at radius 1 is 1.50 bits per heavy atom. The fraction of sp³-hybridized carbons (Fsp3) is 0.231. The van der Waals surface area contributed by atoms with Crippen LogP contribution in [0.25, 0.3) is 6.08 Å². The zero-order chi connectivity index (χ0) is 13.2. The van der Waals surface area contributed by atoms with E-state index in [2.05, 4.69) is 5.48 Å². The summed E-state index contributed by atoms with van der Waals surface area (Å²) in [5, 5.41) is 8.72. The summed E-state index contributed by atoms with van der Waals surface area (Å²) < 4.78 is 4.75. The molecular formula is C13H14N2O3. The second kappa shape index (κ2) is 8.01. The molecule has 0 aliphatic rings. The number of benzene rings is 1. The SMILES string of the molecule is COCCONC(=O)/C=C/c1cccc(C#N)c1. The number of nitriles is 1. The van der Waals surface area contributed by atoms with Gasteiger partial charge in [0.1, 0.15) is 0 Å². The summed E-state index contributed by atoms with van der Waals surface area (Å²) in [6.45, 7) is 0.703. The lowest BCUT2D eigenvalue weighted by Crippen LogP contribution is -2.23. The largest absolute Gasteiger partial charge is 0.382 e. The van der Waals surface area contributed by atoms with Gasteiger partial charge in [0.05, 0.1) is 24.8 Å². The van der Waals surface area contributed by atoms with Gasteiger partial charge < -0.3 is 4.74 Å². The highest BCUT2D eigenvalue weighted by Gasteiger charge is 1.95. The van der Waals surface area contributed by atoms with E-state index in [-0.39, 0.29) is 5.91 Å². The lowest BCUT2D eigenvalue weighted by Gasteiger charge is -2.01. The van der Waals surface area contributed by atoms with Crippen LogP contribution in [0, 0.1) is 11.3 Å². The van der Waals surface area contributed by atoms with Crippen LogP contribution >= 0.6 is 0 Å². The molecule has 0 atom stereocenters. The third-order valence-electron chi connectivity index (χ3n) is 2.01. The molecule has 5 nitrogen and oxygen atoms in total. The van der Waals surface area contributed by atoms with Crippen molar-refractivity contribution in [2.75, 3.05) is 20.3 Å². The highest BCUT2D eigenvalue weighted by Crippen LogP contribution is 2.05. The molecule has 1 rings (SSSR count). The van der Waals surface area contributed by atoms with Gasteiger partial charge in [0.25, 0.3) is 5.91 Å². The van der Waals surface area contributed by atoms with Crippen LogP contribution in [0.4, 0.5) is 0 Å². The first-order valence-corrected chi connectivity index (χ1v) is 5.35. The summed E-state index contributed by atoms with van der Waals surface area (Å²) in [6.07, 6.45) is 2.94. The van der Waals surface area contributed by atoms with Gasteiger partial charge in [-0.3, -0.25) is 9.63 Å². The highest BCUT2D eigenvalue weighted by molar-refractivity contribution is 5.90. The van der Waals surface area contributed by atoms with E-state index in [0.717, 1.165) is 5.56 Å². The zero-order valence-electron chi connectivity index (χ0n) is 10.1. The van der Waals surface area contributed by atoms with Gasteiger partial charge in [0, 0.05) is 13.2 Å². The molecule has 0 aliphatic carbocycles. The molecule has 0 radical (unpaired) electrons. The number of nitrogens with zero attached hydrogens (tertiary/aromatic N) is 1. The van der Waals surface area contributed by atoms with Crippen LogP contribution in [0.3, 0.4) is 0 Å². The molecule has 1 amide bonds. The predicted octanol–water partition coefficient (Wildman–Crippen LogP) is 1.27. The number of rotatable bonds is 6. The summed E-state index contributed by atoms with van der Waals surface area (Å²) in [5.74, 6) is -0.367. The molecule has 5 heteroatoms. The van der Waals surface area contributed by atoms with Crippen molar-refractivity contribution in [1.82, 2.24) is 5.48 Å². The Labute approximate surface area is 106 Å². The van der Waals surface area contributed by atoms with Crippen LogP contribution in [-0.4, -0.2) is 26.2 Å². The maximum Gasteiger partial charge on any atom is 0.267 e. The van der Waals surface area contributed by atoms with Crippen molar-refractivity contribution in [3.63, 3.8) is 0 Å². The standard InChI is InChI=1S/C13H14N2O3/c1-17-7-8-18-15-13(16)6-5-11-3-2-4-12(9-11)10-14/h2-6,9H,7-8H2,1H3,(H,15,16)/b6-5+. The second-order valence-corrected chi connectivity index (χ2v) is 3.38. The number of hydroxylamine groups is 1. The first-order valence-electron chi connectivity index (χ1n) is 5.35. The van der Waals surface area contributed by atoms with Gasteiger partial charge in [-0.15, -0.1) is 0 Å². The molecule has 0 aliphatic heterocycles. The van der Waals surface area contributed by atoms with Gasteiger partial charge in [0.15, 0.2) is 0 Å². The average molecular weight is 246 g/mol. The highest BCUT2D eigenvalue weighted by atomic mass is 16.7. The van der Waals surface area contributed by atoms with Gasteiger partial charge >= 0.3 is 0 Å². The van der Waals surface area contributed by atoms with E-state index in [1.54, 1.807) is 37.5 Å². The maximum atomic E-state index is 11.3. The van der Waals surface area contributed by atoms with Crippen molar-refractivity contribution >= 4 is 12.0 Å². The van der Waals surface area contributed by atoms with Gasteiger partial charge in [-0.1, -0.05) is 12.1 Å². The average Bonchev–Trinajstić information content (AvgIpc) is 2.41. The number of carbonyl (C=O) groups excluding carboxylic acids is 1. The zero-order valence-corrected chi connectivity index (χ0v) is 10.1. The summed E-state index contributed by atoms with van der Waals surface area (Å²) in [4.78, 5) is 16.1. The molecule has 18 heavy (non-hydrogen) atoms. The summed E-state index contributed by atoms with van der Waals surface area (Å²) in [7, 11) is 1.55. The fourth-order valence-electron chi connectivity index (χ4n) is 1.16. The Balaban J connectivity index is 2.43. The molecule has 0 fully saturated rings. The van der Waals surface area contributed by atoms with Gasteiger partial charge in [0.2, 0.25) is 0 Å². The first-order chi connectivity index (χ1) is 8.76. The van der Waals surface area contributed by atoms with E-state index in [0.29, 0.717) is 18.8 Å². The molecule has 0 saturated heterocycles. The number of carbonyl (C=O) groups is 1. The van der Waals surface area contributed by atoms with Crippen LogP contribution in [0.5, 0.6) is 0 Å². The molecule has 0 spiro atoms. The minimum Gasteiger partial charge on any atom is -0.382 e. The lowest BCUT2D eigenvalue weighted by atomic mass is 10.1. The number of ether oxygens (including phenoxy) is 1. The smallest absolute Gasteiger partial charge is 0.267 e. The summed E-state index contributed by atoms with van der Waals surface area (Å²) in [6, 6.07) is 8.98. The summed E-state index contributed by atoms with van der Waals surface area (Å²) in [5.41, 5.74) is 3.57. The van der Waals surface area contributed by atoms with Crippen molar-refractivity contribution in [3.8, 4) is 6.07 Å². The van der Waals surface area contributed by atoms with Crippen LogP contribution < -0.4 is 5.48 Å². The molecule has 0 heterocycles. The minimum absolute atomic E-state index is 0.292.